The van der Waals surface area contributed by atoms with Crippen LogP contribution in [0.15, 0.2) is 18.5 Å². The van der Waals surface area contributed by atoms with Crippen LogP contribution in [0.3, 0.4) is 0 Å². The molecule has 0 N–H and O–H groups in total. The van der Waals surface area contributed by atoms with Crippen molar-refractivity contribution in [3.8, 4) is 0 Å². The minimum absolute atomic E-state index is 0.700. The van der Waals surface area contributed by atoms with Crippen LogP contribution in [0, 0.1) is 18.8 Å². The molecule has 4 rings (SSSR count). The van der Waals surface area contributed by atoms with E-state index in [1.807, 2.05) is 12.4 Å². The molecule has 0 bridgehead atoms. The highest BCUT2D eigenvalue weighted by molar-refractivity contribution is 7.78. The first-order valence-corrected chi connectivity index (χ1v) is 7.12. The van der Waals surface area contributed by atoms with E-state index >= 15 is 0 Å². The monoisotopic (exact) mass is 275 g/mol. The number of hydrogen-bond acceptors (Lipinski definition) is 4. The summed E-state index contributed by atoms with van der Waals surface area (Å²) in [6.45, 7) is 6.13. The summed E-state index contributed by atoms with van der Waals surface area (Å²) in [5.41, 5.74) is 3.39. The van der Waals surface area contributed by atoms with Gasteiger partial charge in [-0.1, -0.05) is 12.8 Å². The third-order valence-electron chi connectivity index (χ3n) is 4.42. The van der Waals surface area contributed by atoms with Crippen molar-refractivity contribution >= 4 is 29.5 Å². The van der Waals surface area contributed by atoms with E-state index < -0.39 is 0 Å². The first-order chi connectivity index (χ1) is 9.22. The van der Waals surface area contributed by atoms with Crippen LogP contribution < -0.4 is 4.90 Å². The normalized spacial score (nSPS) is 26.3. The van der Waals surface area contributed by atoms with E-state index in [4.69, 9.17) is 4.74 Å². The fourth-order valence-electron chi connectivity index (χ4n) is 3.30. The Bertz CT molecular complexity index is 627. The summed E-state index contributed by atoms with van der Waals surface area (Å²) in [5.74, 6) is 1.40. The largest absolute Gasteiger partial charge is 0.381 e. The fraction of sp³-hybridized carbons (Fsp3) is 0.500. The molecule has 0 spiro atoms. The Morgan fingerprint density at radius 1 is 1.32 bits per heavy atom. The first-order valence-electron chi connectivity index (χ1n) is 6.72. The molecule has 0 radical (unpaired) electrons. The molecule has 5 heteroatoms. The lowest BCUT2D eigenvalue weighted by Gasteiger charge is -2.19. The van der Waals surface area contributed by atoms with E-state index in [-0.39, 0.29) is 0 Å². The van der Waals surface area contributed by atoms with E-state index in [0.29, 0.717) is 11.8 Å². The summed E-state index contributed by atoms with van der Waals surface area (Å²) in [6, 6.07) is 2.24. The Hall–Kier alpha value is -1.20. The highest BCUT2D eigenvalue weighted by atomic mass is 32.1. The SMILES string of the molecule is Cc1cn(S)c2ncc(N3CC4COCC4C3)cc12. The van der Waals surface area contributed by atoms with Crippen molar-refractivity contribution in [3.05, 3.63) is 24.0 Å². The van der Waals surface area contributed by atoms with Gasteiger partial charge < -0.3 is 9.64 Å². The molecule has 2 fully saturated rings. The summed E-state index contributed by atoms with van der Waals surface area (Å²) < 4.78 is 7.33. The van der Waals surface area contributed by atoms with Gasteiger partial charge in [0.15, 0.2) is 0 Å². The number of aryl methyl sites for hydroxylation is 1. The predicted octanol–water partition coefficient (Wildman–Crippen LogP) is 2.12. The zero-order chi connectivity index (χ0) is 13.0. The molecule has 2 aliphatic rings. The van der Waals surface area contributed by atoms with Gasteiger partial charge in [-0.2, -0.15) is 0 Å². The van der Waals surface area contributed by atoms with E-state index in [1.54, 1.807) is 3.97 Å². The van der Waals surface area contributed by atoms with Crippen molar-refractivity contribution in [1.29, 1.82) is 0 Å². The maximum atomic E-state index is 5.53. The summed E-state index contributed by atoms with van der Waals surface area (Å²) >= 11 is 4.39. The molecule has 4 nitrogen and oxygen atoms in total. The summed E-state index contributed by atoms with van der Waals surface area (Å²) in [6.07, 6.45) is 3.98. The van der Waals surface area contributed by atoms with Crippen LogP contribution in [-0.2, 0) is 4.74 Å². The van der Waals surface area contributed by atoms with Gasteiger partial charge in [0.25, 0.3) is 0 Å². The van der Waals surface area contributed by atoms with Gasteiger partial charge in [0.1, 0.15) is 5.65 Å². The third kappa shape index (κ3) is 1.75. The second-order valence-corrected chi connectivity index (χ2v) is 6.11. The second kappa shape index (κ2) is 4.15. The number of hydrogen-bond donors (Lipinski definition) is 1. The molecule has 0 saturated carbocycles. The van der Waals surface area contributed by atoms with Crippen LogP contribution in [0.25, 0.3) is 11.0 Å². The van der Waals surface area contributed by atoms with Crippen molar-refractivity contribution < 1.29 is 4.74 Å². The van der Waals surface area contributed by atoms with Crippen molar-refractivity contribution in [2.24, 2.45) is 11.8 Å². The van der Waals surface area contributed by atoms with E-state index in [9.17, 15) is 0 Å². The molecule has 2 aromatic rings. The molecule has 2 aliphatic heterocycles. The summed E-state index contributed by atoms with van der Waals surface area (Å²) in [5, 5.41) is 1.20. The van der Waals surface area contributed by atoms with Gasteiger partial charge in [-0.15, -0.1) is 0 Å². The second-order valence-electron chi connectivity index (χ2n) is 5.68. The molecular weight excluding hydrogens is 258 g/mol. The number of pyridine rings is 1. The molecule has 2 saturated heterocycles. The predicted molar refractivity (Wildman–Crippen MR) is 78.9 cm³/mol. The molecule has 2 aromatic heterocycles. The number of nitrogens with zero attached hydrogens (tertiary/aromatic N) is 3. The van der Waals surface area contributed by atoms with Gasteiger partial charge in [-0.05, 0) is 18.6 Å². The fourth-order valence-corrected chi connectivity index (χ4v) is 3.64. The van der Waals surface area contributed by atoms with Crippen molar-refractivity contribution in [3.63, 3.8) is 0 Å². The van der Waals surface area contributed by atoms with Gasteiger partial charge in [-0.3, -0.25) is 3.97 Å². The molecule has 2 unspecified atom stereocenters. The number of rotatable bonds is 1. The molecule has 0 aromatic carbocycles. The van der Waals surface area contributed by atoms with Gasteiger partial charge in [-0.25, -0.2) is 4.98 Å². The lowest BCUT2D eigenvalue weighted by Crippen LogP contribution is -2.22. The minimum atomic E-state index is 0.700. The van der Waals surface area contributed by atoms with Crippen LogP contribution in [0.4, 0.5) is 5.69 Å². The number of fused-ring (bicyclic) bond motifs is 2. The smallest absolute Gasteiger partial charge is 0.150 e. The van der Waals surface area contributed by atoms with Gasteiger partial charge in [0.2, 0.25) is 0 Å². The molecule has 19 heavy (non-hydrogen) atoms. The van der Waals surface area contributed by atoms with Crippen molar-refractivity contribution in [1.82, 2.24) is 8.96 Å². The van der Waals surface area contributed by atoms with Crippen LogP contribution in [0.2, 0.25) is 0 Å². The number of anilines is 1. The van der Waals surface area contributed by atoms with Gasteiger partial charge in [0, 0.05) is 36.5 Å². The molecule has 100 valence electrons. The summed E-state index contributed by atoms with van der Waals surface area (Å²) in [7, 11) is 0. The van der Waals surface area contributed by atoms with Crippen LogP contribution in [0.5, 0.6) is 0 Å². The Labute approximate surface area is 117 Å². The Kier molecular flexibility index (Phi) is 2.53. The molecule has 0 amide bonds. The van der Waals surface area contributed by atoms with Crippen LogP contribution in [0.1, 0.15) is 5.56 Å². The first kappa shape index (κ1) is 11.6. The topological polar surface area (TPSA) is 30.3 Å². The van der Waals surface area contributed by atoms with E-state index in [1.165, 1.54) is 16.6 Å². The molecule has 0 aliphatic carbocycles. The lowest BCUT2D eigenvalue weighted by atomic mass is 10.0. The Morgan fingerprint density at radius 3 is 2.79 bits per heavy atom. The van der Waals surface area contributed by atoms with Crippen LogP contribution >= 0.6 is 12.8 Å². The van der Waals surface area contributed by atoms with E-state index in [2.05, 4.69) is 35.7 Å². The van der Waals surface area contributed by atoms with Crippen LogP contribution in [-0.4, -0.2) is 35.3 Å². The number of thiol groups is 1. The average molecular weight is 275 g/mol. The van der Waals surface area contributed by atoms with Crippen molar-refractivity contribution in [2.45, 2.75) is 6.92 Å². The van der Waals surface area contributed by atoms with Gasteiger partial charge >= 0.3 is 0 Å². The van der Waals surface area contributed by atoms with Crippen molar-refractivity contribution in [2.75, 3.05) is 31.2 Å². The quantitative estimate of drug-likeness (QED) is 0.809. The zero-order valence-corrected chi connectivity index (χ0v) is 11.8. The molecule has 4 heterocycles. The molecular formula is C14H17N3OS. The zero-order valence-electron chi connectivity index (χ0n) is 10.9. The number of aromatic nitrogens is 2. The lowest BCUT2D eigenvalue weighted by molar-refractivity contribution is 0.177. The maximum absolute atomic E-state index is 5.53. The Balaban J connectivity index is 1.70. The highest BCUT2D eigenvalue weighted by Crippen LogP contribution is 2.33. The number of ether oxygens (including phenoxy) is 1. The average Bonchev–Trinajstić information content (AvgIpc) is 3.04. The summed E-state index contributed by atoms with van der Waals surface area (Å²) in [4.78, 5) is 7.00. The standard InChI is InChI=1S/C14H17N3OS/c1-9-4-17(19)14-13(9)2-12(3-15-14)16-5-10-7-18-8-11(10)6-16/h2-4,10-11,19H,5-8H2,1H3. The molecule has 2 atom stereocenters. The van der Waals surface area contributed by atoms with Gasteiger partial charge in [0.05, 0.1) is 25.1 Å². The third-order valence-corrected chi connectivity index (χ3v) is 4.72. The highest BCUT2D eigenvalue weighted by Gasteiger charge is 2.37. The van der Waals surface area contributed by atoms with E-state index in [0.717, 1.165) is 32.0 Å². The Morgan fingerprint density at radius 2 is 2.05 bits per heavy atom. The minimum Gasteiger partial charge on any atom is -0.381 e. The maximum Gasteiger partial charge on any atom is 0.150 e.